The fourth-order valence-corrected chi connectivity index (χ4v) is 4.44. The number of alkyl halides is 3. The first kappa shape index (κ1) is 17.0. The van der Waals surface area contributed by atoms with Gasteiger partial charge in [-0.25, -0.2) is 8.42 Å². The molecule has 0 aliphatic heterocycles. The van der Waals surface area contributed by atoms with Crippen molar-refractivity contribution in [3.63, 3.8) is 0 Å². The predicted octanol–water partition coefficient (Wildman–Crippen LogP) is 3.05. The third-order valence-electron chi connectivity index (χ3n) is 2.42. The first-order valence-electron chi connectivity index (χ1n) is 5.72. The molecular weight excluding hydrogens is 359 g/mol. The Bertz CT molecular complexity index is 772. The Balaban J connectivity index is 2.41. The van der Waals surface area contributed by atoms with E-state index in [2.05, 4.69) is 10.2 Å². The molecule has 0 unspecified atom stereocenters. The van der Waals surface area contributed by atoms with E-state index in [1.165, 1.54) is 18.2 Å². The molecule has 1 aromatic heterocycles. The number of rotatable bonds is 4. The van der Waals surface area contributed by atoms with Gasteiger partial charge in [-0.2, -0.15) is 13.2 Å². The Morgan fingerprint density at radius 1 is 1.18 bits per heavy atom. The quantitative estimate of drug-likeness (QED) is 0.825. The molecule has 0 fully saturated rings. The van der Waals surface area contributed by atoms with Gasteiger partial charge < -0.3 is 4.90 Å². The van der Waals surface area contributed by atoms with Crippen molar-refractivity contribution < 1.29 is 21.6 Å². The number of hydrogen-bond donors (Lipinski definition) is 0. The smallest absolute Gasteiger partial charge is 0.353 e. The molecule has 2 rings (SSSR count). The van der Waals surface area contributed by atoms with Crippen LogP contribution in [-0.2, 0) is 9.84 Å². The number of sulfone groups is 1. The fourth-order valence-electron chi connectivity index (χ4n) is 1.40. The molecule has 0 aliphatic carbocycles. The predicted molar refractivity (Wildman–Crippen MR) is 78.0 cm³/mol. The highest BCUT2D eigenvalue weighted by atomic mass is 32.2. The highest BCUT2D eigenvalue weighted by molar-refractivity contribution is 8.02. The molecule has 0 radical (unpaired) electrons. The van der Waals surface area contributed by atoms with Crippen LogP contribution in [0.15, 0.2) is 38.4 Å². The van der Waals surface area contributed by atoms with Crippen LogP contribution in [0.25, 0.3) is 0 Å². The summed E-state index contributed by atoms with van der Waals surface area (Å²) in [6.07, 6.45) is 0. The number of benzene rings is 1. The summed E-state index contributed by atoms with van der Waals surface area (Å²) in [6.45, 7) is 0. The molecule has 22 heavy (non-hydrogen) atoms. The van der Waals surface area contributed by atoms with E-state index in [9.17, 15) is 21.6 Å². The molecule has 0 atom stereocenters. The fraction of sp³-hybridized carbons (Fsp3) is 0.273. The average Bonchev–Trinajstić information content (AvgIpc) is 2.86. The molecule has 11 heteroatoms. The van der Waals surface area contributed by atoms with Crippen LogP contribution in [0.5, 0.6) is 0 Å². The minimum absolute atomic E-state index is 0.0405. The SMILES string of the molecule is CN(C)c1nnc(Sc2ccccc2S(=O)(=O)C(F)(F)F)s1. The number of nitrogens with zero attached hydrogens (tertiary/aromatic N) is 3. The molecule has 120 valence electrons. The second-order valence-corrected chi connectivity index (χ2v) is 8.40. The first-order valence-corrected chi connectivity index (χ1v) is 8.83. The van der Waals surface area contributed by atoms with Gasteiger partial charge in [0.15, 0.2) is 4.34 Å². The lowest BCUT2D eigenvalue weighted by molar-refractivity contribution is -0.0437. The molecular formula is C11H10F3N3O2S3. The van der Waals surface area contributed by atoms with Gasteiger partial charge in [0.05, 0.1) is 4.90 Å². The zero-order valence-corrected chi connectivity index (χ0v) is 13.8. The van der Waals surface area contributed by atoms with Crippen LogP contribution in [0.3, 0.4) is 0 Å². The van der Waals surface area contributed by atoms with E-state index in [1.807, 2.05) is 0 Å². The molecule has 0 N–H and O–H groups in total. The topological polar surface area (TPSA) is 63.2 Å². The van der Waals surface area contributed by atoms with Crippen LogP contribution in [-0.4, -0.2) is 38.2 Å². The van der Waals surface area contributed by atoms with E-state index in [0.29, 0.717) is 9.47 Å². The first-order chi connectivity index (χ1) is 10.1. The van der Waals surface area contributed by atoms with Gasteiger partial charge in [0.2, 0.25) is 5.13 Å². The Morgan fingerprint density at radius 3 is 2.36 bits per heavy atom. The maximum atomic E-state index is 12.7. The Labute approximate surface area is 133 Å². The standard InChI is InChI=1S/C11H10F3N3O2S3/c1-17(2)9-15-16-10(21-9)20-7-5-3-4-6-8(7)22(18,19)11(12,13)14/h3-6H,1-2H3. The van der Waals surface area contributed by atoms with Gasteiger partial charge in [-0.05, 0) is 12.1 Å². The van der Waals surface area contributed by atoms with Gasteiger partial charge in [-0.1, -0.05) is 35.2 Å². The number of hydrogen-bond acceptors (Lipinski definition) is 7. The van der Waals surface area contributed by atoms with Crippen LogP contribution in [0, 0.1) is 0 Å². The van der Waals surface area contributed by atoms with E-state index >= 15 is 0 Å². The van der Waals surface area contributed by atoms with Crippen molar-refractivity contribution >= 4 is 38.1 Å². The number of aromatic nitrogens is 2. The molecule has 0 saturated heterocycles. The van der Waals surface area contributed by atoms with Crippen molar-refractivity contribution in [1.82, 2.24) is 10.2 Å². The zero-order valence-electron chi connectivity index (χ0n) is 11.3. The molecule has 0 saturated carbocycles. The van der Waals surface area contributed by atoms with Crippen LogP contribution < -0.4 is 4.90 Å². The third-order valence-corrected chi connectivity index (χ3v) is 6.31. The van der Waals surface area contributed by atoms with E-state index in [-0.39, 0.29) is 4.90 Å². The van der Waals surface area contributed by atoms with E-state index in [0.717, 1.165) is 29.2 Å². The molecule has 2 aromatic rings. The average molecular weight is 369 g/mol. The van der Waals surface area contributed by atoms with Crippen molar-refractivity contribution in [3.05, 3.63) is 24.3 Å². The van der Waals surface area contributed by atoms with Crippen molar-refractivity contribution in [2.45, 2.75) is 19.6 Å². The lowest BCUT2D eigenvalue weighted by Gasteiger charge is -2.11. The molecule has 0 spiro atoms. The summed E-state index contributed by atoms with van der Waals surface area (Å²) in [7, 11) is -1.92. The van der Waals surface area contributed by atoms with Gasteiger partial charge in [-0.15, -0.1) is 10.2 Å². The van der Waals surface area contributed by atoms with Crippen molar-refractivity contribution in [2.75, 3.05) is 19.0 Å². The zero-order chi connectivity index (χ0) is 16.5. The summed E-state index contributed by atoms with van der Waals surface area (Å²) in [5.74, 6) is 0. The number of halogens is 3. The van der Waals surface area contributed by atoms with Gasteiger partial charge in [0, 0.05) is 19.0 Å². The van der Waals surface area contributed by atoms with Crippen molar-refractivity contribution in [2.24, 2.45) is 0 Å². The van der Waals surface area contributed by atoms with Gasteiger partial charge in [0.1, 0.15) is 0 Å². The molecule has 1 heterocycles. The minimum Gasteiger partial charge on any atom is -0.353 e. The van der Waals surface area contributed by atoms with Crippen LogP contribution >= 0.6 is 23.1 Å². The van der Waals surface area contributed by atoms with Crippen molar-refractivity contribution in [1.29, 1.82) is 0 Å². The third kappa shape index (κ3) is 3.36. The normalized spacial score (nSPS) is 12.4. The van der Waals surface area contributed by atoms with Gasteiger partial charge >= 0.3 is 5.51 Å². The monoisotopic (exact) mass is 369 g/mol. The van der Waals surface area contributed by atoms with Crippen LogP contribution in [0.2, 0.25) is 0 Å². The maximum Gasteiger partial charge on any atom is 0.501 e. The maximum absolute atomic E-state index is 12.7. The Hall–Kier alpha value is -1.33. The summed E-state index contributed by atoms with van der Waals surface area (Å²) >= 11 is 1.99. The lowest BCUT2D eigenvalue weighted by atomic mass is 10.4. The number of anilines is 1. The molecule has 0 bridgehead atoms. The van der Waals surface area contributed by atoms with E-state index < -0.39 is 20.2 Å². The Kier molecular flexibility index (Phi) is 4.68. The van der Waals surface area contributed by atoms with Crippen LogP contribution in [0.4, 0.5) is 18.3 Å². The molecule has 0 aliphatic rings. The van der Waals surface area contributed by atoms with Crippen LogP contribution in [0.1, 0.15) is 0 Å². The molecule has 1 aromatic carbocycles. The minimum atomic E-state index is -5.41. The van der Waals surface area contributed by atoms with Gasteiger partial charge in [0.25, 0.3) is 9.84 Å². The van der Waals surface area contributed by atoms with Gasteiger partial charge in [-0.3, -0.25) is 0 Å². The summed E-state index contributed by atoms with van der Waals surface area (Å²) in [6, 6.07) is 4.94. The largest absolute Gasteiger partial charge is 0.501 e. The Morgan fingerprint density at radius 2 is 1.82 bits per heavy atom. The van der Waals surface area contributed by atoms with E-state index in [4.69, 9.17) is 0 Å². The summed E-state index contributed by atoms with van der Waals surface area (Å²) in [4.78, 5) is 0.871. The molecule has 0 amide bonds. The second kappa shape index (κ2) is 6.05. The second-order valence-electron chi connectivity index (χ2n) is 4.24. The molecule has 5 nitrogen and oxygen atoms in total. The highest BCUT2D eigenvalue weighted by Crippen LogP contribution is 2.40. The lowest BCUT2D eigenvalue weighted by Crippen LogP contribution is -2.23. The highest BCUT2D eigenvalue weighted by Gasteiger charge is 2.47. The summed E-state index contributed by atoms with van der Waals surface area (Å²) in [5.41, 5.74) is -5.35. The van der Waals surface area contributed by atoms with E-state index in [1.54, 1.807) is 19.0 Å². The summed E-state index contributed by atoms with van der Waals surface area (Å²) in [5, 5.41) is 8.25. The van der Waals surface area contributed by atoms with Crippen molar-refractivity contribution in [3.8, 4) is 0 Å². The summed E-state index contributed by atoms with van der Waals surface area (Å²) < 4.78 is 61.7.